The van der Waals surface area contributed by atoms with Gasteiger partial charge in [0, 0.05) is 18.8 Å². The second-order valence-electron chi connectivity index (χ2n) is 7.29. The predicted octanol–water partition coefficient (Wildman–Crippen LogP) is 0.390. The Balaban J connectivity index is 1.94. The molecule has 134 valence electrons. The van der Waals surface area contributed by atoms with Crippen molar-refractivity contribution in [1.82, 2.24) is 15.5 Å². The summed E-state index contributed by atoms with van der Waals surface area (Å²) < 4.78 is 23.2. The maximum absolute atomic E-state index is 12.7. The Kier molecular flexibility index (Phi) is 6.08. The average molecular weight is 346 g/mol. The molecule has 0 aromatic heterocycles. The summed E-state index contributed by atoms with van der Waals surface area (Å²) in [7, 11) is -3.43. The minimum Gasteiger partial charge on any atom is -0.353 e. The Labute approximate surface area is 140 Å². The highest BCUT2D eigenvalue weighted by Gasteiger charge is 2.48. The van der Waals surface area contributed by atoms with Crippen molar-refractivity contribution in [1.29, 1.82) is 0 Å². The lowest BCUT2D eigenvalue weighted by Crippen LogP contribution is -2.58. The summed E-state index contributed by atoms with van der Waals surface area (Å²) in [5.41, 5.74) is 0. The number of nitrogens with one attached hydrogen (secondary N) is 2. The molecule has 0 saturated carbocycles. The highest BCUT2D eigenvalue weighted by atomic mass is 32.2. The number of likely N-dealkylation sites (tertiary alicyclic amines) is 1. The van der Waals surface area contributed by atoms with Gasteiger partial charge in [0.25, 0.3) is 0 Å². The van der Waals surface area contributed by atoms with Crippen LogP contribution in [0.25, 0.3) is 0 Å². The van der Waals surface area contributed by atoms with Gasteiger partial charge < -0.3 is 10.6 Å². The summed E-state index contributed by atoms with van der Waals surface area (Å²) in [5.74, 6) is 0.454. The van der Waals surface area contributed by atoms with E-state index in [4.69, 9.17) is 0 Å². The first-order valence-corrected chi connectivity index (χ1v) is 10.6. The second kappa shape index (κ2) is 7.49. The quantitative estimate of drug-likeness (QED) is 0.754. The van der Waals surface area contributed by atoms with Crippen molar-refractivity contribution in [2.45, 2.75) is 50.3 Å². The standard InChI is InChI=1S/C16H31N3O3S/c1-13-4-10-19(11-5-13)14(2)12-18-15(20)16(23(3,21)22)6-8-17-9-7-16/h13-14,17H,4-12H2,1-3H3,(H,18,20). The molecule has 2 saturated heterocycles. The van der Waals surface area contributed by atoms with Gasteiger partial charge in [-0.2, -0.15) is 0 Å². The molecule has 6 nitrogen and oxygen atoms in total. The zero-order chi connectivity index (χ0) is 17.1. The van der Waals surface area contributed by atoms with E-state index in [2.05, 4.69) is 29.4 Å². The molecule has 2 aliphatic rings. The number of sulfone groups is 1. The van der Waals surface area contributed by atoms with Gasteiger partial charge in [0.1, 0.15) is 0 Å². The number of hydrogen-bond donors (Lipinski definition) is 2. The van der Waals surface area contributed by atoms with Crippen LogP contribution in [0.5, 0.6) is 0 Å². The lowest BCUT2D eigenvalue weighted by molar-refractivity contribution is -0.124. The molecule has 0 aromatic carbocycles. The van der Waals surface area contributed by atoms with Gasteiger partial charge in [0.2, 0.25) is 5.91 Å². The van der Waals surface area contributed by atoms with Gasteiger partial charge in [0.15, 0.2) is 14.6 Å². The van der Waals surface area contributed by atoms with Gasteiger partial charge >= 0.3 is 0 Å². The fraction of sp³-hybridized carbons (Fsp3) is 0.938. The maximum Gasteiger partial charge on any atom is 0.241 e. The van der Waals surface area contributed by atoms with Crippen LogP contribution in [0.2, 0.25) is 0 Å². The van der Waals surface area contributed by atoms with Gasteiger partial charge in [-0.25, -0.2) is 8.42 Å². The first-order chi connectivity index (χ1) is 10.8. The van der Waals surface area contributed by atoms with E-state index < -0.39 is 14.6 Å². The van der Waals surface area contributed by atoms with E-state index in [-0.39, 0.29) is 11.9 Å². The largest absolute Gasteiger partial charge is 0.353 e. The van der Waals surface area contributed by atoms with Crippen molar-refractivity contribution >= 4 is 15.7 Å². The first-order valence-electron chi connectivity index (χ1n) is 8.69. The first kappa shape index (κ1) is 18.7. The molecule has 1 amide bonds. The number of hydrogen-bond acceptors (Lipinski definition) is 5. The van der Waals surface area contributed by atoms with E-state index >= 15 is 0 Å². The van der Waals surface area contributed by atoms with Gasteiger partial charge in [-0.15, -0.1) is 0 Å². The fourth-order valence-electron chi connectivity index (χ4n) is 3.60. The monoisotopic (exact) mass is 345 g/mol. The molecule has 0 aliphatic carbocycles. The number of rotatable bonds is 5. The molecule has 2 N–H and O–H groups in total. The highest BCUT2D eigenvalue weighted by Crippen LogP contribution is 2.28. The summed E-state index contributed by atoms with van der Waals surface area (Å²) >= 11 is 0. The van der Waals surface area contributed by atoms with Crippen LogP contribution in [-0.4, -0.2) is 69.0 Å². The number of carbonyl (C=O) groups is 1. The van der Waals surface area contributed by atoms with E-state index in [1.54, 1.807) is 0 Å². The van der Waals surface area contributed by atoms with E-state index in [0.29, 0.717) is 32.5 Å². The third kappa shape index (κ3) is 4.25. The SMILES string of the molecule is CC1CCN(C(C)CNC(=O)C2(S(C)(=O)=O)CCNCC2)CC1. The molecule has 2 heterocycles. The topological polar surface area (TPSA) is 78.5 Å². The summed E-state index contributed by atoms with van der Waals surface area (Å²) in [6.45, 7) is 8.14. The van der Waals surface area contributed by atoms with Crippen molar-refractivity contribution < 1.29 is 13.2 Å². The van der Waals surface area contributed by atoms with Crippen molar-refractivity contribution in [2.24, 2.45) is 5.92 Å². The van der Waals surface area contributed by atoms with Gasteiger partial charge in [-0.1, -0.05) is 6.92 Å². The maximum atomic E-state index is 12.7. The Bertz CT molecular complexity index is 507. The Hall–Kier alpha value is -0.660. The molecule has 7 heteroatoms. The molecule has 0 aromatic rings. The van der Waals surface area contributed by atoms with Crippen LogP contribution < -0.4 is 10.6 Å². The number of nitrogens with zero attached hydrogens (tertiary/aromatic N) is 1. The highest BCUT2D eigenvalue weighted by molar-refractivity contribution is 7.92. The minimum atomic E-state index is -3.43. The van der Waals surface area contributed by atoms with Crippen LogP contribution in [0.3, 0.4) is 0 Å². The molecular weight excluding hydrogens is 314 g/mol. The lowest BCUT2D eigenvalue weighted by Gasteiger charge is -2.37. The van der Waals surface area contributed by atoms with E-state index in [9.17, 15) is 13.2 Å². The molecule has 2 aliphatic heterocycles. The van der Waals surface area contributed by atoms with E-state index in [0.717, 1.165) is 19.0 Å². The molecule has 0 spiro atoms. The minimum absolute atomic E-state index is 0.241. The Morgan fingerprint density at radius 3 is 2.39 bits per heavy atom. The molecule has 2 fully saturated rings. The molecule has 23 heavy (non-hydrogen) atoms. The number of amides is 1. The molecule has 2 rings (SSSR count). The summed E-state index contributed by atoms with van der Waals surface area (Å²) in [6, 6.07) is 0.241. The number of piperidine rings is 2. The van der Waals surface area contributed by atoms with Gasteiger partial charge in [0.05, 0.1) is 0 Å². The molecule has 1 atom stereocenters. The van der Waals surface area contributed by atoms with Crippen LogP contribution in [0.1, 0.15) is 39.5 Å². The second-order valence-corrected chi connectivity index (χ2v) is 9.62. The molecular formula is C16H31N3O3S. The fourth-order valence-corrected chi connectivity index (χ4v) is 4.95. The van der Waals surface area contributed by atoms with Crippen LogP contribution in [0.15, 0.2) is 0 Å². The van der Waals surface area contributed by atoms with Crippen LogP contribution >= 0.6 is 0 Å². The normalized spacial score (nSPS) is 25.0. The van der Waals surface area contributed by atoms with Crippen molar-refractivity contribution in [3.8, 4) is 0 Å². The molecule has 0 bridgehead atoms. The van der Waals surface area contributed by atoms with Crippen molar-refractivity contribution in [3.63, 3.8) is 0 Å². The van der Waals surface area contributed by atoms with E-state index in [1.807, 2.05) is 0 Å². The zero-order valence-corrected chi connectivity index (χ0v) is 15.4. The average Bonchev–Trinajstić information content (AvgIpc) is 2.52. The van der Waals surface area contributed by atoms with Crippen LogP contribution in [-0.2, 0) is 14.6 Å². The molecule has 1 unspecified atom stereocenters. The summed E-state index contributed by atoms with van der Waals surface area (Å²) in [4.78, 5) is 15.1. The zero-order valence-electron chi connectivity index (χ0n) is 14.6. The lowest BCUT2D eigenvalue weighted by atomic mass is 9.95. The smallest absolute Gasteiger partial charge is 0.241 e. The third-order valence-electron chi connectivity index (χ3n) is 5.53. The predicted molar refractivity (Wildman–Crippen MR) is 92.1 cm³/mol. The van der Waals surface area contributed by atoms with Crippen molar-refractivity contribution in [3.05, 3.63) is 0 Å². The van der Waals surface area contributed by atoms with Gasteiger partial charge in [-0.05, 0) is 64.7 Å². The summed E-state index contributed by atoms with van der Waals surface area (Å²) in [6.07, 6.45) is 4.28. The summed E-state index contributed by atoms with van der Waals surface area (Å²) in [5, 5.41) is 6.05. The third-order valence-corrected chi connectivity index (χ3v) is 7.55. The Morgan fingerprint density at radius 2 is 1.87 bits per heavy atom. The Morgan fingerprint density at radius 1 is 1.30 bits per heavy atom. The van der Waals surface area contributed by atoms with Crippen LogP contribution in [0.4, 0.5) is 0 Å². The molecule has 0 radical (unpaired) electrons. The van der Waals surface area contributed by atoms with Crippen molar-refractivity contribution in [2.75, 3.05) is 39.0 Å². The van der Waals surface area contributed by atoms with Crippen LogP contribution in [0, 0.1) is 5.92 Å². The van der Waals surface area contributed by atoms with Gasteiger partial charge in [-0.3, -0.25) is 9.69 Å². The van der Waals surface area contributed by atoms with E-state index in [1.165, 1.54) is 19.1 Å². The number of carbonyl (C=O) groups excluding carboxylic acids is 1.